The maximum absolute atomic E-state index is 12.8. The predicted molar refractivity (Wildman–Crippen MR) is 104 cm³/mol. The molecule has 154 valence electrons. The van der Waals surface area contributed by atoms with Gasteiger partial charge in [0, 0.05) is 24.8 Å². The van der Waals surface area contributed by atoms with Crippen LogP contribution < -0.4 is 0 Å². The largest absolute Gasteiger partial charge is 0.454 e. The van der Waals surface area contributed by atoms with Crippen LogP contribution in [0.15, 0.2) is 35.5 Å². The Morgan fingerprint density at radius 2 is 1.96 bits per heavy atom. The molecule has 0 bridgehead atoms. The summed E-state index contributed by atoms with van der Waals surface area (Å²) in [6.07, 6.45) is 2.72. The summed E-state index contributed by atoms with van der Waals surface area (Å²) in [5.41, 5.74) is 1.23. The third kappa shape index (κ3) is 4.61. The number of hydrogen-bond acceptors (Lipinski definition) is 6. The summed E-state index contributed by atoms with van der Waals surface area (Å²) in [5, 5.41) is 0. The first-order valence-electron chi connectivity index (χ1n) is 9.56. The smallest absolute Gasteiger partial charge is 0.333 e. The van der Waals surface area contributed by atoms with Gasteiger partial charge in [-0.05, 0) is 46.6 Å². The van der Waals surface area contributed by atoms with Crippen molar-refractivity contribution in [3.63, 3.8) is 0 Å². The van der Waals surface area contributed by atoms with Crippen LogP contribution in [-0.4, -0.2) is 41.6 Å². The Morgan fingerprint density at radius 3 is 2.50 bits per heavy atom. The highest BCUT2D eigenvalue weighted by Gasteiger charge is 2.66. The molecule has 1 aliphatic heterocycles. The molecule has 28 heavy (non-hydrogen) atoms. The molecule has 0 aromatic carbocycles. The third-order valence-corrected chi connectivity index (χ3v) is 5.45. The number of rotatable bonds is 7. The maximum atomic E-state index is 12.8. The molecule has 0 spiro atoms. The number of ether oxygens (including phenoxy) is 3. The van der Waals surface area contributed by atoms with E-state index in [4.69, 9.17) is 14.2 Å². The van der Waals surface area contributed by atoms with Gasteiger partial charge in [-0.15, -0.1) is 0 Å². The molecule has 1 heterocycles. The molecule has 1 aliphatic carbocycles. The predicted octanol–water partition coefficient (Wildman–Crippen LogP) is 3.46. The molecule has 0 aromatic rings. The molecular formula is C22H30O6. The normalized spacial score (nSPS) is 30.0. The second kappa shape index (κ2) is 8.43. The quantitative estimate of drug-likeness (QED) is 0.287. The Bertz CT molecular complexity index is 742. The monoisotopic (exact) mass is 390 g/mol. The average molecular weight is 390 g/mol. The van der Waals surface area contributed by atoms with Gasteiger partial charge in [0.15, 0.2) is 11.7 Å². The zero-order chi connectivity index (χ0) is 21.2. The summed E-state index contributed by atoms with van der Waals surface area (Å²) in [4.78, 5) is 36.8. The van der Waals surface area contributed by atoms with Crippen molar-refractivity contribution in [3.05, 3.63) is 35.5 Å². The lowest BCUT2D eigenvalue weighted by Gasteiger charge is -2.34. The van der Waals surface area contributed by atoms with Crippen molar-refractivity contribution in [1.82, 2.24) is 0 Å². The Kier molecular flexibility index (Phi) is 6.65. The molecule has 0 N–H and O–H groups in total. The van der Waals surface area contributed by atoms with E-state index in [-0.39, 0.29) is 11.9 Å². The molecular weight excluding hydrogens is 360 g/mol. The summed E-state index contributed by atoms with van der Waals surface area (Å²) < 4.78 is 16.6. The number of allylic oxidation sites excluding steroid dienone is 2. The highest BCUT2D eigenvalue weighted by molar-refractivity contribution is 5.96. The third-order valence-electron chi connectivity index (χ3n) is 5.45. The highest BCUT2D eigenvalue weighted by Crippen LogP contribution is 2.50. The van der Waals surface area contributed by atoms with Crippen molar-refractivity contribution in [2.24, 2.45) is 5.92 Å². The fraction of sp³-hybridized carbons (Fsp3) is 0.591. The van der Waals surface area contributed by atoms with E-state index in [1.54, 1.807) is 26.8 Å². The summed E-state index contributed by atoms with van der Waals surface area (Å²) >= 11 is 0. The van der Waals surface area contributed by atoms with Crippen LogP contribution in [0.5, 0.6) is 0 Å². The molecule has 2 fully saturated rings. The van der Waals surface area contributed by atoms with Gasteiger partial charge < -0.3 is 14.2 Å². The van der Waals surface area contributed by atoms with Gasteiger partial charge in [-0.3, -0.25) is 9.59 Å². The fourth-order valence-electron chi connectivity index (χ4n) is 3.43. The lowest BCUT2D eigenvalue weighted by atomic mass is 9.74. The number of Topliss-reactive ketones (excluding diaryl/α,β-unsaturated/α-hetero) is 1. The summed E-state index contributed by atoms with van der Waals surface area (Å²) in [7, 11) is 0. The summed E-state index contributed by atoms with van der Waals surface area (Å²) in [6.45, 7) is 14.5. The molecule has 6 heteroatoms. The minimum absolute atomic E-state index is 0.231. The van der Waals surface area contributed by atoms with Crippen molar-refractivity contribution in [2.45, 2.75) is 78.3 Å². The Hall–Kier alpha value is -2.21. The lowest BCUT2D eigenvalue weighted by molar-refractivity contribution is -0.159. The van der Waals surface area contributed by atoms with E-state index in [2.05, 4.69) is 6.58 Å². The molecule has 2 rings (SSSR count). The maximum Gasteiger partial charge on any atom is 0.333 e. The van der Waals surface area contributed by atoms with E-state index < -0.39 is 35.7 Å². The lowest BCUT2D eigenvalue weighted by Crippen LogP contribution is -2.48. The molecule has 0 amide bonds. The number of carbonyl (C=O) groups excluding carboxylic acids is 3. The van der Waals surface area contributed by atoms with Gasteiger partial charge in [0.2, 0.25) is 5.78 Å². The Balaban J connectivity index is 2.29. The Labute approximate surface area is 166 Å². The zero-order valence-electron chi connectivity index (χ0n) is 17.5. The van der Waals surface area contributed by atoms with E-state index in [1.807, 2.05) is 19.9 Å². The standard InChI is InChI=1S/C22H30O6/c1-8-13(4)21(25)27-17(10-9-12(2)3)14(5)16-11-18-22(7,28-18)20(24)19(16)26-15(6)23/h8-9,16-19H,5,10-11H2,1-4,6-7H3. The van der Waals surface area contributed by atoms with Gasteiger partial charge in [0.05, 0.1) is 6.10 Å². The first-order chi connectivity index (χ1) is 13.0. The molecule has 0 radical (unpaired) electrons. The number of esters is 2. The molecule has 5 unspecified atom stereocenters. The van der Waals surface area contributed by atoms with E-state index in [0.717, 1.165) is 5.57 Å². The van der Waals surface area contributed by atoms with Gasteiger partial charge in [-0.2, -0.15) is 0 Å². The van der Waals surface area contributed by atoms with Crippen LogP contribution in [0.4, 0.5) is 0 Å². The van der Waals surface area contributed by atoms with E-state index in [9.17, 15) is 14.4 Å². The van der Waals surface area contributed by atoms with Crippen LogP contribution in [0.2, 0.25) is 0 Å². The van der Waals surface area contributed by atoms with Gasteiger partial charge in [0.1, 0.15) is 6.10 Å². The van der Waals surface area contributed by atoms with Crippen molar-refractivity contribution < 1.29 is 28.6 Å². The number of epoxide rings is 1. The first kappa shape index (κ1) is 22.1. The molecule has 1 saturated heterocycles. The number of hydrogen-bond donors (Lipinski definition) is 0. The second-order valence-corrected chi connectivity index (χ2v) is 7.91. The average Bonchev–Trinajstić information content (AvgIpc) is 3.30. The van der Waals surface area contributed by atoms with E-state index in [0.29, 0.717) is 24.0 Å². The summed E-state index contributed by atoms with van der Waals surface area (Å²) in [6, 6.07) is 0. The van der Waals surface area contributed by atoms with Crippen molar-refractivity contribution in [2.75, 3.05) is 0 Å². The molecule has 5 atom stereocenters. The number of ketones is 1. The van der Waals surface area contributed by atoms with Crippen LogP contribution in [0, 0.1) is 5.92 Å². The van der Waals surface area contributed by atoms with Gasteiger partial charge in [0.25, 0.3) is 0 Å². The first-order valence-corrected chi connectivity index (χ1v) is 9.56. The molecule has 1 saturated carbocycles. The van der Waals surface area contributed by atoms with Crippen molar-refractivity contribution in [3.8, 4) is 0 Å². The van der Waals surface area contributed by atoms with E-state index >= 15 is 0 Å². The van der Waals surface area contributed by atoms with Crippen LogP contribution in [0.25, 0.3) is 0 Å². The molecule has 2 aliphatic rings. The minimum atomic E-state index is -0.982. The second-order valence-electron chi connectivity index (χ2n) is 7.91. The van der Waals surface area contributed by atoms with Gasteiger partial charge in [-0.25, -0.2) is 4.79 Å². The van der Waals surface area contributed by atoms with Crippen LogP contribution in [0.3, 0.4) is 0 Å². The SMILES string of the molecule is C=C(C(CC=C(C)C)OC(=O)C(C)=CC)C1CC2OC2(C)C(=O)C1OC(C)=O. The van der Waals surface area contributed by atoms with Crippen molar-refractivity contribution in [1.29, 1.82) is 0 Å². The highest BCUT2D eigenvalue weighted by atomic mass is 16.6. The Morgan fingerprint density at radius 1 is 1.32 bits per heavy atom. The number of carbonyl (C=O) groups is 3. The number of fused-ring (bicyclic) bond motifs is 1. The minimum Gasteiger partial charge on any atom is -0.454 e. The van der Waals surface area contributed by atoms with Crippen LogP contribution in [0.1, 0.15) is 54.4 Å². The molecule has 6 nitrogen and oxygen atoms in total. The van der Waals surface area contributed by atoms with Crippen molar-refractivity contribution >= 4 is 17.7 Å². The van der Waals surface area contributed by atoms with E-state index in [1.165, 1.54) is 6.92 Å². The zero-order valence-corrected chi connectivity index (χ0v) is 17.5. The van der Waals surface area contributed by atoms with Crippen LogP contribution in [-0.2, 0) is 28.6 Å². The van der Waals surface area contributed by atoms with Crippen LogP contribution >= 0.6 is 0 Å². The summed E-state index contributed by atoms with van der Waals surface area (Å²) in [5.74, 6) is -1.70. The van der Waals surface area contributed by atoms with Gasteiger partial charge in [-0.1, -0.05) is 24.3 Å². The van der Waals surface area contributed by atoms with Gasteiger partial charge >= 0.3 is 11.9 Å². The topological polar surface area (TPSA) is 82.2 Å². The fourth-order valence-corrected chi connectivity index (χ4v) is 3.43. The molecule has 0 aromatic heterocycles.